The first kappa shape index (κ1) is 19.3. The molecule has 132 valence electrons. The minimum atomic E-state index is -0.618. The highest BCUT2D eigenvalue weighted by Crippen LogP contribution is 2.23. The van der Waals surface area contributed by atoms with Crippen molar-refractivity contribution >= 4 is 35.0 Å². The van der Waals surface area contributed by atoms with Crippen LogP contribution in [0.15, 0.2) is 48.5 Å². The summed E-state index contributed by atoms with van der Waals surface area (Å²) in [7, 11) is 1.55. The average Bonchev–Trinajstić information content (AvgIpc) is 2.60. The summed E-state index contributed by atoms with van der Waals surface area (Å²) in [5.41, 5.74) is 1.63. The Balaban J connectivity index is 2.25. The smallest absolute Gasteiger partial charge is 0.242 e. The largest absolute Gasteiger partial charge is 0.357 e. The van der Waals surface area contributed by atoms with Crippen molar-refractivity contribution in [3.63, 3.8) is 0 Å². The van der Waals surface area contributed by atoms with Crippen LogP contribution in [-0.4, -0.2) is 29.8 Å². The molecule has 1 atom stereocenters. The van der Waals surface area contributed by atoms with E-state index in [0.29, 0.717) is 10.0 Å². The van der Waals surface area contributed by atoms with Gasteiger partial charge in [0.05, 0.1) is 6.42 Å². The van der Waals surface area contributed by atoms with Crippen LogP contribution >= 0.6 is 23.2 Å². The van der Waals surface area contributed by atoms with Gasteiger partial charge in [-0.25, -0.2) is 0 Å². The van der Waals surface area contributed by atoms with Gasteiger partial charge >= 0.3 is 0 Å². The van der Waals surface area contributed by atoms with E-state index in [1.165, 1.54) is 4.90 Å². The monoisotopic (exact) mass is 378 g/mol. The van der Waals surface area contributed by atoms with Gasteiger partial charge in [0.15, 0.2) is 0 Å². The van der Waals surface area contributed by atoms with E-state index in [1.807, 2.05) is 30.3 Å². The molecule has 2 amide bonds. The van der Waals surface area contributed by atoms with Crippen LogP contribution in [0.1, 0.15) is 18.1 Å². The van der Waals surface area contributed by atoms with Crippen LogP contribution in [0.5, 0.6) is 0 Å². The second-order valence-electron chi connectivity index (χ2n) is 5.71. The molecule has 2 aromatic rings. The van der Waals surface area contributed by atoms with Crippen LogP contribution < -0.4 is 5.32 Å². The zero-order valence-electron chi connectivity index (χ0n) is 14.1. The van der Waals surface area contributed by atoms with Crippen molar-refractivity contribution in [1.82, 2.24) is 10.2 Å². The van der Waals surface area contributed by atoms with Gasteiger partial charge in [-0.15, -0.1) is 0 Å². The van der Waals surface area contributed by atoms with Crippen molar-refractivity contribution < 1.29 is 9.59 Å². The number of halogens is 2. The molecule has 0 aromatic heterocycles. The Hall–Kier alpha value is -2.04. The topological polar surface area (TPSA) is 49.4 Å². The standard InChI is InChI=1S/C19H20Cl2N2O2/c1-13(19(25)22-2)23(12-15-8-9-16(20)11-17(15)21)18(24)10-14-6-4-3-5-7-14/h3-9,11,13H,10,12H2,1-2H3,(H,22,25)/t13-/m0/s1. The Labute approximate surface area is 157 Å². The zero-order chi connectivity index (χ0) is 18.4. The molecule has 0 aliphatic carbocycles. The van der Waals surface area contributed by atoms with Crippen LogP contribution in [0.25, 0.3) is 0 Å². The maximum absolute atomic E-state index is 12.8. The zero-order valence-corrected chi connectivity index (χ0v) is 15.6. The maximum Gasteiger partial charge on any atom is 0.242 e. The van der Waals surface area contributed by atoms with E-state index in [0.717, 1.165) is 11.1 Å². The van der Waals surface area contributed by atoms with Crippen LogP contribution in [0.4, 0.5) is 0 Å². The molecule has 2 aromatic carbocycles. The first-order valence-corrected chi connectivity index (χ1v) is 8.67. The Bertz CT molecular complexity index is 750. The van der Waals surface area contributed by atoms with Gasteiger partial charge in [-0.05, 0) is 30.2 Å². The molecule has 0 aliphatic heterocycles. The van der Waals surface area contributed by atoms with E-state index in [9.17, 15) is 9.59 Å². The quantitative estimate of drug-likeness (QED) is 0.832. The first-order chi connectivity index (χ1) is 11.9. The third-order valence-electron chi connectivity index (χ3n) is 3.97. The Morgan fingerprint density at radius 1 is 1.12 bits per heavy atom. The third-order valence-corrected chi connectivity index (χ3v) is 4.55. The highest BCUT2D eigenvalue weighted by atomic mass is 35.5. The number of carbonyl (C=O) groups is 2. The maximum atomic E-state index is 12.8. The molecule has 0 spiro atoms. The van der Waals surface area contributed by atoms with Gasteiger partial charge in [0.2, 0.25) is 11.8 Å². The minimum absolute atomic E-state index is 0.145. The first-order valence-electron chi connectivity index (χ1n) is 7.91. The van der Waals surface area contributed by atoms with Gasteiger partial charge in [0.25, 0.3) is 0 Å². The lowest BCUT2D eigenvalue weighted by Crippen LogP contribution is -2.47. The summed E-state index contributed by atoms with van der Waals surface area (Å²) in [5, 5.41) is 3.58. The fraction of sp³-hybridized carbons (Fsp3) is 0.263. The van der Waals surface area contributed by atoms with Crippen molar-refractivity contribution in [3.05, 3.63) is 69.7 Å². The summed E-state index contributed by atoms with van der Waals surface area (Å²) in [5.74, 6) is -0.375. The van der Waals surface area contributed by atoms with Crippen LogP contribution in [0.2, 0.25) is 10.0 Å². The summed E-state index contributed by atoms with van der Waals surface area (Å²) in [4.78, 5) is 26.4. The molecule has 1 N–H and O–H groups in total. The third kappa shape index (κ3) is 5.21. The molecule has 0 heterocycles. The van der Waals surface area contributed by atoms with Crippen molar-refractivity contribution in [2.75, 3.05) is 7.05 Å². The normalized spacial score (nSPS) is 11.7. The van der Waals surface area contributed by atoms with E-state index >= 15 is 0 Å². The lowest BCUT2D eigenvalue weighted by Gasteiger charge is -2.29. The minimum Gasteiger partial charge on any atom is -0.357 e. The fourth-order valence-electron chi connectivity index (χ4n) is 2.50. The lowest BCUT2D eigenvalue weighted by atomic mass is 10.1. The number of likely N-dealkylation sites (N-methyl/N-ethyl adjacent to an activating group) is 1. The van der Waals surface area contributed by atoms with E-state index in [4.69, 9.17) is 23.2 Å². The van der Waals surface area contributed by atoms with Gasteiger partial charge in [-0.1, -0.05) is 59.6 Å². The number of nitrogens with one attached hydrogen (secondary N) is 1. The van der Waals surface area contributed by atoms with E-state index in [1.54, 1.807) is 32.2 Å². The van der Waals surface area contributed by atoms with Crippen molar-refractivity contribution in [3.8, 4) is 0 Å². The summed E-state index contributed by atoms with van der Waals surface area (Å²) in [6.45, 7) is 1.93. The fourth-order valence-corrected chi connectivity index (χ4v) is 2.97. The number of hydrogen-bond acceptors (Lipinski definition) is 2. The summed E-state index contributed by atoms with van der Waals surface area (Å²) in [6, 6.07) is 13.9. The molecule has 0 unspecified atom stereocenters. The van der Waals surface area contributed by atoms with Crippen molar-refractivity contribution in [2.45, 2.75) is 25.9 Å². The van der Waals surface area contributed by atoms with E-state index in [-0.39, 0.29) is 24.8 Å². The predicted octanol–water partition coefficient (Wildman–Crippen LogP) is 3.70. The Kier molecular flexibility index (Phi) is 6.85. The second-order valence-corrected chi connectivity index (χ2v) is 6.55. The average molecular weight is 379 g/mol. The predicted molar refractivity (Wildman–Crippen MR) is 101 cm³/mol. The van der Waals surface area contributed by atoms with Crippen LogP contribution in [0, 0.1) is 0 Å². The molecule has 6 heteroatoms. The Morgan fingerprint density at radius 3 is 2.40 bits per heavy atom. The lowest BCUT2D eigenvalue weighted by molar-refractivity contribution is -0.139. The highest BCUT2D eigenvalue weighted by molar-refractivity contribution is 6.35. The second kappa shape index (κ2) is 8.88. The molecule has 4 nitrogen and oxygen atoms in total. The SMILES string of the molecule is CNC(=O)[C@H](C)N(Cc1ccc(Cl)cc1Cl)C(=O)Cc1ccccc1. The molecule has 0 saturated heterocycles. The number of carbonyl (C=O) groups excluding carboxylic acids is 2. The molecule has 0 saturated carbocycles. The van der Waals surface area contributed by atoms with Gasteiger partial charge in [-0.3, -0.25) is 9.59 Å². The highest BCUT2D eigenvalue weighted by Gasteiger charge is 2.26. The van der Waals surface area contributed by atoms with Crippen molar-refractivity contribution in [2.24, 2.45) is 0 Å². The molecule has 0 aliphatic rings. The van der Waals surface area contributed by atoms with E-state index in [2.05, 4.69) is 5.32 Å². The molecule has 0 fully saturated rings. The summed E-state index contributed by atoms with van der Waals surface area (Å²) in [6.07, 6.45) is 0.216. The van der Waals surface area contributed by atoms with Gasteiger partial charge < -0.3 is 10.2 Å². The molecular formula is C19H20Cl2N2O2. The van der Waals surface area contributed by atoms with Crippen LogP contribution in [-0.2, 0) is 22.6 Å². The van der Waals surface area contributed by atoms with E-state index < -0.39 is 6.04 Å². The molecular weight excluding hydrogens is 359 g/mol. The number of amides is 2. The number of rotatable bonds is 6. The number of nitrogens with zero attached hydrogens (tertiary/aromatic N) is 1. The summed E-state index contributed by atoms with van der Waals surface area (Å²) < 4.78 is 0. The molecule has 0 bridgehead atoms. The van der Waals surface area contributed by atoms with Crippen molar-refractivity contribution in [1.29, 1.82) is 0 Å². The summed E-state index contributed by atoms with van der Waals surface area (Å²) >= 11 is 12.2. The molecule has 25 heavy (non-hydrogen) atoms. The number of hydrogen-bond donors (Lipinski definition) is 1. The number of benzene rings is 2. The Morgan fingerprint density at radius 2 is 1.80 bits per heavy atom. The molecule has 2 rings (SSSR count). The van der Waals surface area contributed by atoms with Gasteiger partial charge in [0, 0.05) is 23.6 Å². The molecule has 0 radical (unpaired) electrons. The van der Waals surface area contributed by atoms with Gasteiger partial charge in [0.1, 0.15) is 6.04 Å². The van der Waals surface area contributed by atoms with Gasteiger partial charge in [-0.2, -0.15) is 0 Å². The van der Waals surface area contributed by atoms with Crippen LogP contribution in [0.3, 0.4) is 0 Å².